The summed E-state index contributed by atoms with van der Waals surface area (Å²) >= 11 is 5.35. The van der Waals surface area contributed by atoms with Gasteiger partial charge in [-0.25, -0.2) is 0 Å². The third-order valence-corrected chi connectivity index (χ3v) is 4.99. The van der Waals surface area contributed by atoms with Crippen molar-refractivity contribution in [1.29, 1.82) is 0 Å². The molecular weight excluding hydrogens is 282 g/mol. The molecule has 0 bridgehead atoms. The van der Waals surface area contributed by atoms with Gasteiger partial charge in [0, 0.05) is 20.8 Å². The van der Waals surface area contributed by atoms with E-state index in [1.165, 1.54) is 42.8 Å². The summed E-state index contributed by atoms with van der Waals surface area (Å²) in [5.41, 5.74) is 6.88. The van der Waals surface area contributed by atoms with Gasteiger partial charge in [0.15, 0.2) is 0 Å². The van der Waals surface area contributed by atoms with E-state index in [1.54, 1.807) is 0 Å². The highest BCUT2D eigenvalue weighted by atomic mass is 79.9. The lowest BCUT2D eigenvalue weighted by Crippen LogP contribution is -2.08. The highest BCUT2D eigenvalue weighted by Gasteiger charge is 2.14. The summed E-state index contributed by atoms with van der Waals surface area (Å²) in [5, 5.41) is 0. The van der Waals surface area contributed by atoms with E-state index in [0.717, 1.165) is 16.1 Å². The molecule has 1 saturated carbocycles. The lowest BCUT2D eigenvalue weighted by atomic mass is 9.91. The number of nitrogen functional groups attached to an aromatic ring is 1. The largest absolute Gasteiger partial charge is 0.398 e. The highest BCUT2D eigenvalue weighted by molar-refractivity contribution is 9.10. The molecule has 16 heavy (non-hydrogen) atoms. The van der Waals surface area contributed by atoms with Crippen LogP contribution in [0, 0.1) is 5.92 Å². The van der Waals surface area contributed by atoms with Crippen LogP contribution in [0.25, 0.3) is 0 Å². The summed E-state index contributed by atoms with van der Waals surface area (Å²) in [6, 6.07) is 6.18. The quantitative estimate of drug-likeness (QED) is 0.646. The molecule has 0 radical (unpaired) electrons. The fourth-order valence-corrected chi connectivity index (χ4v) is 3.73. The zero-order chi connectivity index (χ0) is 11.4. The summed E-state index contributed by atoms with van der Waals surface area (Å²) in [6.45, 7) is 0. The highest BCUT2D eigenvalue weighted by Crippen LogP contribution is 2.33. The standard InChI is InChI=1S/C13H18BrNS/c14-11-6-7-13(12(15)8-11)16-9-10-4-2-1-3-5-10/h6-8,10H,1-5,9,15H2. The van der Waals surface area contributed by atoms with Crippen molar-refractivity contribution in [2.24, 2.45) is 5.92 Å². The van der Waals surface area contributed by atoms with Gasteiger partial charge in [0.1, 0.15) is 0 Å². The number of thioether (sulfide) groups is 1. The first-order valence-electron chi connectivity index (χ1n) is 5.93. The van der Waals surface area contributed by atoms with E-state index in [1.807, 2.05) is 17.8 Å². The van der Waals surface area contributed by atoms with E-state index < -0.39 is 0 Å². The first kappa shape index (κ1) is 12.3. The van der Waals surface area contributed by atoms with Gasteiger partial charge < -0.3 is 5.73 Å². The first-order chi connectivity index (χ1) is 7.75. The van der Waals surface area contributed by atoms with E-state index >= 15 is 0 Å². The van der Waals surface area contributed by atoms with Crippen LogP contribution in [0.3, 0.4) is 0 Å². The number of rotatable bonds is 3. The van der Waals surface area contributed by atoms with Gasteiger partial charge in [-0.3, -0.25) is 0 Å². The molecule has 2 N–H and O–H groups in total. The summed E-state index contributed by atoms with van der Waals surface area (Å²) in [7, 11) is 0. The van der Waals surface area contributed by atoms with Crippen LogP contribution in [0.4, 0.5) is 5.69 Å². The Bertz CT molecular complexity index is 348. The molecule has 1 nitrogen and oxygen atoms in total. The van der Waals surface area contributed by atoms with Gasteiger partial charge >= 0.3 is 0 Å². The van der Waals surface area contributed by atoms with Gasteiger partial charge in [-0.05, 0) is 37.0 Å². The Morgan fingerprint density at radius 2 is 2.00 bits per heavy atom. The predicted octanol–water partition coefficient (Wildman–Crippen LogP) is 4.70. The minimum absolute atomic E-state index is 0.898. The van der Waals surface area contributed by atoms with Crippen molar-refractivity contribution in [3.8, 4) is 0 Å². The van der Waals surface area contributed by atoms with Crippen LogP contribution in [0.1, 0.15) is 32.1 Å². The average Bonchev–Trinajstić information content (AvgIpc) is 2.29. The summed E-state index contributed by atoms with van der Waals surface area (Å²) < 4.78 is 1.06. The molecule has 0 heterocycles. The van der Waals surface area contributed by atoms with Gasteiger partial charge in [0.2, 0.25) is 0 Å². The Morgan fingerprint density at radius 3 is 2.69 bits per heavy atom. The molecule has 1 aliphatic rings. The van der Waals surface area contributed by atoms with Gasteiger partial charge in [-0.1, -0.05) is 35.2 Å². The fourth-order valence-electron chi connectivity index (χ4n) is 2.21. The molecule has 0 spiro atoms. The second kappa shape index (κ2) is 5.97. The number of hydrogen-bond donors (Lipinski definition) is 1. The van der Waals surface area contributed by atoms with Crippen molar-refractivity contribution in [2.75, 3.05) is 11.5 Å². The van der Waals surface area contributed by atoms with Crippen molar-refractivity contribution < 1.29 is 0 Å². The molecule has 1 aromatic rings. The second-order valence-corrected chi connectivity index (χ2v) is 6.47. The third-order valence-electron chi connectivity index (χ3n) is 3.17. The molecule has 0 atom stereocenters. The SMILES string of the molecule is Nc1cc(Br)ccc1SCC1CCCCC1. The molecule has 88 valence electrons. The van der Waals surface area contributed by atoms with Crippen molar-refractivity contribution in [2.45, 2.75) is 37.0 Å². The number of hydrogen-bond acceptors (Lipinski definition) is 2. The maximum Gasteiger partial charge on any atom is 0.0463 e. The maximum absolute atomic E-state index is 5.99. The Morgan fingerprint density at radius 1 is 1.25 bits per heavy atom. The summed E-state index contributed by atoms with van der Waals surface area (Å²) in [5.74, 6) is 2.13. The topological polar surface area (TPSA) is 26.0 Å². The molecule has 1 fully saturated rings. The van der Waals surface area contributed by atoms with Crippen LogP contribution >= 0.6 is 27.7 Å². The van der Waals surface area contributed by atoms with E-state index in [4.69, 9.17) is 5.73 Å². The molecule has 0 amide bonds. The third kappa shape index (κ3) is 3.42. The lowest BCUT2D eigenvalue weighted by molar-refractivity contribution is 0.391. The molecular formula is C13H18BrNS. The zero-order valence-corrected chi connectivity index (χ0v) is 11.8. The van der Waals surface area contributed by atoms with E-state index in [9.17, 15) is 0 Å². The molecule has 2 rings (SSSR count). The lowest BCUT2D eigenvalue weighted by Gasteiger charge is -2.21. The smallest absolute Gasteiger partial charge is 0.0463 e. The Labute approximate surface area is 110 Å². The second-order valence-electron chi connectivity index (χ2n) is 4.50. The molecule has 0 aliphatic heterocycles. The fraction of sp³-hybridized carbons (Fsp3) is 0.538. The monoisotopic (exact) mass is 299 g/mol. The molecule has 1 aliphatic carbocycles. The molecule has 3 heteroatoms. The first-order valence-corrected chi connectivity index (χ1v) is 7.71. The minimum Gasteiger partial charge on any atom is -0.398 e. The van der Waals surface area contributed by atoms with Gasteiger partial charge in [0.05, 0.1) is 0 Å². The van der Waals surface area contributed by atoms with Crippen LogP contribution in [0.5, 0.6) is 0 Å². The minimum atomic E-state index is 0.898. The Kier molecular flexibility index (Phi) is 4.59. The van der Waals surface area contributed by atoms with E-state index in [2.05, 4.69) is 28.1 Å². The molecule has 0 saturated heterocycles. The van der Waals surface area contributed by atoms with E-state index in [-0.39, 0.29) is 0 Å². The normalized spacial score (nSPS) is 17.6. The maximum atomic E-state index is 5.99. The predicted molar refractivity (Wildman–Crippen MR) is 75.9 cm³/mol. The number of benzene rings is 1. The number of halogens is 1. The van der Waals surface area contributed by atoms with Gasteiger partial charge in [0.25, 0.3) is 0 Å². The Balaban J connectivity index is 1.88. The zero-order valence-electron chi connectivity index (χ0n) is 9.42. The van der Waals surface area contributed by atoms with Crippen LogP contribution in [-0.4, -0.2) is 5.75 Å². The van der Waals surface area contributed by atoms with Crippen molar-refractivity contribution in [3.05, 3.63) is 22.7 Å². The van der Waals surface area contributed by atoms with Gasteiger partial charge in [-0.15, -0.1) is 11.8 Å². The van der Waals surface area contributed by atoms with Crippen molar-refractivity contribution in [1.82, 2.24) is 0 Å². The molecule has 0 aromatic heterocycles. The average molecular weight is 300 g/mol. The number of nitrogens with two attached hydrogens (primary N) is 1. The molecule has 1 aromatic carbocycles. The van der Waals surface area contributed by atoms with Crippen LogP contribution < -0.4 is 5.73 Å². The van der Waals surface area contributed by atoms with Gasteiger partial charge in [-0.2, -0.15) is 0 Å². The van der Waals surface area contributed by atoms with Crippen LogP contribution in [0.15, 0.2) is 27.6 Å². The van der Waals surface area contributed by atoms with Crippen LogP contribution in [-0.2, 0) is 0 Å². The Hall–Kier alpha value is -0.150. The van der Waals surface area contributed by atoms with Crippen molar-refractivity contribution in [3.63, 3.8) is 0 Å². The van der Waals surface area contributed by atoms with Crippen LogP contribution in [0.2, 0.25) is 0 Å². The van der Waals surface area contributed by atoms with Crippen molar-refractivity contribution >= 4 is 33.4 Å². The van der Waals surface area contributed by atoms with E-state index in [0.29, 0.717) is 0 Å². The molecule has 0 unspecified atom stereocenters. The summed E-state index contributed by atoms with van der Waals surface area (Å²) in [4.78, 5) is 1.23. The number of anilines is 1. The summed E-state index contributed by atoms with van der Waals surface area (Å²) in [6.07, 6.45) is 7.08.